The molecule has 38 heavy (non-hydrogen) atoms. The number of halogens is 1. The van der Waals surface area contributed by atoms with E-state index in [4.69, 9.17) is 4.74 Å². The van der Waals surface area contributed by atoms with Crippen LogP contribution in [0.1, 0.15) is 61.6 Å². The molecule has 2 aromatic heterocycles. The average molecular weight is 573 g/mol. The fraction of sp³-hybridized carbons (Fsp3) is 0.281. The van der Waals surface area contributed by atoms with Crippen LogP contribution in [0.4, 0.5) is 4.79 Å². The molecule has 0 saturated heterocycles. The molecule has 2 aromatic carbocycles. The van der Waals surface area contributed by atoms with Crippen molar-refractivity contribution in [3.63, 3.8) is 0 Å². The van der Waals surface area contributed by atoms with Crippen molar-refractivity contribution >= 4 is 22.0 Å². The first-order valence-corrected chi connectivity index (χ1v) is 13.6. The monoisotopic (exact) mass is 571 g/mol. The first-order chi connectivity index (χ1) is 18.1. The minimum atomic E-state index is -0.456. The molecule has 1 amide bonds. The molecule has 1 N–H and O–H groups in total. The van der Waals surface area contributed by atoms with Crippen molar-refractivity contribution in [3.8, 4) is 22.3 Å². The van der Waals surface area contributed by atoms with E-state index in [1.54, 1.807) is 24.8 Å². The number of amides is 1. The average Bonchev–Trinajstić information content (AvgIpc) is 2.88. The van der Waals surface area contributed by atoms with E-state index >= 15 is 0 Å². The summed E-state index contributed by atoms with van der Waals surface area (Å²) in [6.07, 6.45) is 6.70. The van der Waals surface area contributed by atoms with Crippen LogP contribution in [-0.4, -0.2) is 22.7 Å². The van der Waals surface area contributed by atoms with Crippen LogP contribution in [0.25, 0.3) is 22.3 Å². The molecule has 0 aliphatic rings. The number of nitrogens with zero attached hydrogens (tertiary/aromatic N) is 2. The lowest BCUT2D eigenvalue weighted by molar-refractivity contribution is 0.149. The predicted molar refractivity (Wildman–Crippen MR) is 157 cm³/mol. The Bertz CT molecular complexity index is 1410. The SMILES string of the molecule is CCOC(=O)NC(c1c(C)cc(C(C)(C)C)cc1C)c1c(Br)cc(-c2ccncc2)cc1-c1ccncc1. The van der Waals surface area contributed by atoms with Crippen LogP contribution >= 0.6 is 15.9 Å². The second kappa shape index (κ2) is 11.5. The lowest BCUT2D eigenvalue weighted by Crippen LogP contribution is -2.32. The van der Waals surface area contributed by atoms with E-state index in [-0.39, 0.29) is 5.41 Å². The second-order valence-corrected chi connectivity index (χ2v) is 11.3. The molecule has 6 heteroatoms. The molecule has 0 spiro atoms. The van der Waals surface area contributed by atoms with E-state index in [0.29, 0.717) is 6.61 Å². The molecule has 0 aliphatic carbocycles. The van der Waals surface area contributed by atoms with Gasteiger partial charge in [0.15, 0.2) is 0 Å². The van der Waals surface area contributed by atoms with Gasteiger partial charge in [0.2, 0.25) is 0 Å². The summed E-state index contributed by atoms with van der Waals surface area (Å²) >= 11 is 3.89. The molecule has 1 unspecified atom stereocenters. The summed E-state index contributed by atoms with van der Waals surface area (Å²) in [4.78, 5) is 21.3. The Morgan fingerprint density at radius 3 is 1.95 bits per heavy atom. The minimum Gasteiger partial charge on any atom is -0.450 e. The normalized spacial score (nSPS) is 12.2. The maximum Gasteiger partial charge on any atom is 0.407 e. The molecular formula is C32H34BrN3O2. The number of nitrogens with one attached hydrogen (secondary N) is 1. The highest BCUT2D eigenvalue weighted by atomic mass is 79.9. The number of carbonyl (C=O) groups excluding carboxylic acids is 1. The van der Waals surface area contributed by atoms with Gasteiger partial charge in [-0.1, -0.05) is 48.8 Å². The number of alkyl carbamates (subject to hydrolysis) is 1. The Kier molecular flexibility index (Phi) is 8.32. The summed E-state index contributed by atoms with van der Waals surface area (Å²) in [5.74, 6) is 0. The van der Waals surface area contributed by atoms with Gasteiger partial charge in [-0.05, 0) is 107 Å². The number of rotatable bonds is 6. The fourth-order valence-corrected chi connectivity index (χ4v) is 5.52. The first kappa shape index (κ1) is 27.5. The van der Waals surface area contributed by atoms with Gasteiger partial charge in [0.1, 0.15) is 0 Å². The Morgan fingerprint density at radius 2 is 1.42 bits per heavy atom. The summed E-state index contributed by atoms with van der Waals surface area (Å²) in [5, 5.41) is 3.18. The maximum atomic E-state index is 12.9. The van der Waals surface area contributed by atoms with Gasteiger partial charge in [-0.2, -0.15) is 0 Å². The summed E-state index contributed by atoms with van der Waals surface area (Å²) in [6.45, 7) is 13.0. The molecule has 0 fully saturated rings. The first-order valence-electron chi connectivity index (χ1n) is 12.8. The number of aryl methyl sites for hydroxylation is 2. The smallest absolute Gasteiger partial charge is 0.407 e. The number of hydrogen-bond donors (Lipinski definition) is 1. The van der Waals surface area contributed by atoms with Crippen molar-refractivity contribution in [2.45, 2.75) is 53.0 Å². The largest absolute Gasteiger partial charge is 0.450 e. The quantitative estimate of drug-likeness (QED) is 0.252. The molecule has 196 valence electrons. The second-order valence-electron chi connectivity index (χ2n) is 10.5. The highest BCUT2D eigenvalue weighted by Gasteiger charge is 2.28. The fourth-order valence-electron chi connectivity index (χ4n) is 4.83. The van der Waals surface area contributed by atoms with Crippen LogP contribution in [0.3, 0.4) is 0 Å². The molecule has 0 bridgehead atoms. The van der Waals surface area contributed by atoms with E-state index in [0.717, 1.165) is 49.0 Å². The molecule has 4 rings (SSSR count). The van der Waals surface area contributed by atoms with Crippen molar-refractivity contribution in [3.05, 3.63) is 106 Å². The van der Waals surface area contributed by atoms with Gasteiger partial charge < -0.3 is 10.1 Å². The zero-order valence-corrected chi connectivity index (χ0v) is 24.4. The number of aromatic nitrogens is 2. The highest BCUT2D eigenvalue weighted by molar-refractivity contribution is 9.10. The summed E-state index contributed by atoms with van der Waals surface area (Å²) < 4.78 is 6.26. The van der Waals surface area contributed by atoms with Crippen LogP contribution in [0, 0.1) is 13.8 Å². The van der Waals surface area contributed by atoms with Gasteiger partial charge in [-0.15, -0.1) is 0 Å². The van der Waals surface area contributed by atoms with Gasteiger partial charge in [0.05, 0.1) is 12.6 Å². The van der Waals surface area contributed by atoms with Crippen LogP contribution in [-0.2, 0) is 10.2 Å². The van der Waals surface area contributed by atoms with Gasteiger partial charge >= 0.3 is 6.09 Å². The molecule has 0 aliphatic heterocycles. The molecular weight excluding hydrogens is 538 g/mol. The standard InChI is InChI=1S/C32H34BrN3O2/c1-7-38-31(37)36-30(28-20(2)16-25(17-21(28)3)32(4,5)6)29-26(23-10-14-35-15-11-23)18-24(19-27(29)33)22-8-12-34-13-9-22/h8-19,30H,7H2,1-6H3,(H,36,37). The zero-order valence-electron chi connectivity index (χ0n) is 22.8. The lowest BCUT2D eigenvalue weighted by atomic mass is 9.80. The Labute approximate surface area is 233 Å². The van der Waals surface area contributed by atoms with Gasteiger partial charge in [-0.25, -0.2) is 4.79 Å². The van der Waals surface area contributed by atoms with Crippen LogP contribution in [0.5, 0.6) is 0 Å². The number of carbonyl (C=O) groups is 1. The molecule has 5 nitrogen and oxygen atoms in total. The van der Waals surface area contributed by atoms with Crippen molar-refractivity contribution in [1.82, 2.24) is 15.3 Å². The maximum absolute atomic E-state index is 12.9. The molecule has 1 atom stereocenters. The van der Waals surface area contributed by atoms with E-state index in [1.807, 2.05) is 31.2 Å². The zero-order chi connectivity index (χ0) is 27.4. The summed E-state index contributed by atoms with van der Waals surface area (Å²) in [7, 11) is 0. The van der Waals surface area contributed by atoms with Crippen LogP contribution in [0.15, 0.2) is 77.8 Å². The minimum absolute atomic E-state index is 0.00703. The van der Waals surface area contributed by atoms with E-state index in [2.05, 4.69) is 90.1 Å². The van der Waals surface area contributed by atoms with Gasteiger partial charge in [0.25, 0.3) is 0 Å². The summed E-state index contributed by atoms with van der Waals surface area (Å²) in [5.41, 5.74) is 9.60. The number of hydrogen-bond acceptors (Lipinski definition) is 4. The van der Waals surface area contributed by atoms with Crippen molar-refractivity contribution in [2.75, 3.05) is 6.61 Å². The van der Waals surface area contributed by atoms with E-state index in [1.165, 1.54) is 5.56 Å². The lowest BCUT2D eigenvalue weighted by Gasteiger charge is -2.29. The third kappa shape index (κ3) is 5.97. The van der Waals surface area contributed by atoms with Crippen LogP contribution < -0.4 is 5.32 Å². The van der Waals surface area contributed by atoms with E-state index < -0.39 is 12.1 Å². The topological polar surface area (TPSA) is 64.1 Å². The molecule has 0 saturated carbocycles. The number of pyridine rings is 2. The van der Waals surface area contributed by atoms with Gasteiger partial charge in [0, 0.05) is 34.8 Å². The van der Waals surface area contributed by atoms with Gasteiger partial charge in [-0.3, -0.25) is 9.97 Å². The predicted octanol–water partition coefficient (Wildman–Crippen LogP) is 8.32. The number of benzene rings is 2. The summed E-state index contributed by atoms with van der Waals surface area (Å²) in [6, 6.07) is 16.2. The third-order valence-corrected chi connectivity index (χ3v) is 7.37. The molecule has 0 radical (unpaired) electrons. The Hall–Kier alpha value is -3.51. The Balaban J connectivity index is 2.00. The Morgan fingerprint density at radius 1 is 0.868 bits per heavy atom. The van der Waals surface area contributed by atoms with Crippen LogP contribution in [0.2, 0.25) is 0 Å². The van der Waals surface area contributed by atoms with Crippen molar-refractivity contribution in [1.29, 1.82) is 0 Å². The van der Waals surface area contributed by atoms with E-state index in [9.17, 15) is 4.79 Å². The third-order valence-electron chi connectivity index (χ3n) is 6.71. The van der Waals surface area contributed by atoms with Crippen molar-refractivity contribution < 1.29 is 9.53 Å². The molecule has 2 heterocycles. The number of ether oxygens (including phenoxy) is 1. The van der Waals surface area contributed by atoms with Crippen molar-refractivity contribution in [2.24, 2.45) is 0 Å². The highest BCUT2D eigenvalue weighted by Crippen LogP contribution is 2.42. The molecule has 4 aromatic rings.